The molecule has 1 heteroatoms. The number of hydrogen-bond donors (Lipinski definition) is 0. The summed E-state index contributed by atoms with van der Waals surface area (Å²) >= 11 is 0. The van der Waals surface area contributed by atoms with Crippen molar-refractivity contribution >= 4 is 0 Å². The molecule has 0 spiro atoms. The smallest absolute Gasteiger partial charge is 0.0152 e. The van der Waals surface area contributed by atoms with Gasteiger partial charge >= 0.3 is 0 Å². The molecule has 0 radical (unpaired) electrons. The van der Waals surface area contributed by atoms with Crippen molar-refractivity contribution in [1.29, 1.82) is 0 Å². The van der Waals surface area contributed by atoms with Gasteiger partial charge in [0.2, 0.25) is 0 Å². The van der Waals surface area contributed by atoms with Crippen LogP contribution in [0.3, 0.4) is 0 Å². The Labute approximate surface area is 94.5 Å². The summed E-state index contributed by atoms with van der Waals surface area (Å²) in [7, 11) is 2.31. The molecule has 0 aromatic rings. The zero-order chi connectivity index (χ0) is 11.1. The van der Waals surface area contributed by atoms with E-state index >= 15 is 0 Å². The Morgan fingerprint density at radius 2 is 2.13 bits per heavy atom. The van der Waals surface area contributed by atoms with Gasteiger partial charge in [-0.3, -0.25) is 0 Å². The maximum atomic E-state index is 4.15. The minimum Gasteiger partial charge on any atom is -0.303 e. The monoisotopic (exact) mass is 207 g/mol. The lowest BCUT2D eigenvalue weighted by Gasteiger charge is -2.52. The molecule has 0 N–H and O–H groups in total. The lowest BCUT2D eigenvalue weighted by atomic mass is 9.63. The number of rotatable bonds is 1. The molecule has 2 fully saturated rings. The normalized spacial score (nSPS) is 42.3. The Morgan fingerprint density at radius 3 is 2.80 bits per heavy atom. The van der Waals surface area contributed by atoms with Gasteiger partial charge in [0.15, 0.2) is 0 Å². The summed E-state index contributed by atoms with van der Waals surface area (Å²) in [5.74, 6) is 0.781. The second kappa shape index (κ2) is 3.93. The molecular formula is C14H25N. The Bertz CT molecular complexity index is 258. The van der Waals surface area contributed by atoms with Crippen molar-refractivity contribution < 1.29 is 0 Å². The Morgan fingerprint density at radius 1 is 1.40 bits per heavy atom. The highest BCUT2D eigenvalue weighted by molar-refractivity contribution is 5.05. The zero-order valence-electron chi connectivity index (χ0n) is 10.6. The molecule has 0 aromatic heterocycles. The summed E-state index contributed by atoms with van der Waals surface area (Å²) < 4.78 is 0. The summed E-state index contributed by atoms with van der Waals surface area (Å²) in [5, 5.41) is 0. The second-order valence-corrected chi connectivity index (χ2v) is 6.07. The lowest BCUT2D eigenvalue weighted by molar-refractivity contribution is -0.00381. The molecule has 1 heterocycles. The standard InChI is InChI=1S/C14H25N/c1-11(2)12-6-8-14(3)7-5-9-15(4)13(14)10-12/h12-13H,1,5-10H2,2-4H3/t12-,13-,14-/m1/s1. The highest BCUT2D eigenvalue weighted by Crippen LogP contribution is 2.47. The number of hydrogen-bond acceptors (Lipinski definition) is 1. The highest BCUT2D eigenvalue weighted by Gasteiger charge is 2.43. The van der Waals surface area contributed by atoms with Gasteiger partial charge < -0.3 is 4.90 Å². The van der Waals surface area contributed by atoms with Gasteiger partial charge in [-0.25, -0.2) is 0 Å². The van der Waals surface area contributed by atoms with Crippen molar-refractivity contribution in [3.63, 3.8) is 0 Å². The summed E-state index contributed by atoms with van der Waals surface area (Å²) in [6.45, 7) is 10.1. The van der Waals surface area contributed by atoms with Gasteiger partial charge in [0.25, 0.3) is 0 Å². The number of piperidine rings is 1. The molecule has 0 amide bonds. The van der Waals surface area contributed by atoms with E-state index in [9.17, 15) is 0 Å². The van der Waals surface area contributed by atoms with Crippen molar-refractivity contribution in [2.45, 2.75) is 52.0 Å². The van der Waals surface area contributed by atoms with Crippen molar-refractivity contribution in [1.82, 2.24) is 4.90 Å². The number of nitrogens with zero attached hydrogens (tertiary/aromatic N) is 1. The first-order valence-corrected chi connectivity index (χ1v) is 6.38. The van der Waals surface area contributed by atoms with E-state index in [1.807, 2.05) is 0 Å². The second-order valence-electron chi connectivity index (χ2n) is 6.07. The van der Waals surface area contributed by atoms with Crippen LogP contribution >= 0.6 is 0 Å². The van der Waals surface area contributed by atoms with Crippen LogP contribution in [0.25, 0.3) is 0 Å². The third kappa shape index (κ3) is 1.99. The number of fused-ring (bicyclic) bond motifs is 1. The van der Waals surface area contributed by atoms with Crippen LogP contribution in [0.1, 0.15) is 46.0 Å². The third-order valence-electron chi connectivity index (χ3n) is 4.86. The van der Waals surface area contributed by atoms with E-state index in [0.717, 1.165) is 12.0 Å². The van der Waals surface area contributed by atoms with E-state index in [4.69, 9.17) is 0 Å². The van der Waals surface area contributed by atoms with Gasteiger partial charge in [0.1, 0.15) is 0 Å². The van der Waals surface area contributed by atoms with Gasteiger partial charge in [-0.2, -0.15) is 0 Å². The van der Waals surface area contributed by atoms with Crippen LogP contribution in [0.15, 0.2) is 12.2 Å². The first kappa shape index (κ1) is 11.2. The number of allylic oxidation sites excluding steroid dienone is 1. The van der Waals surface area contributed by atoms with Crippen LogP contribution in [0.2, 0.25) is 0 Å². The van der Waals surface area contributed by atoms with Crippen LogP contribution < -0.4 is 0 Å². The van der Waals surface area contributed by atoms with Crippen LogP contribution in [-0.2, 0) is 0 Å². The van der Waals surface area contributed by atoms with Crippen LogP contribution in [0.5, 0.6) is 0 Å². The Balaban J connectivity index is 2.12. The minimum absolute atomic E-state index is 0.596. The van der Waals surface area contributed by atoms with Gasteiger partial charge in [0, 0.05) is 6.04 Å². The molecule has 1 aliphatic carbocycles. The molecule has 0 bridgehead atoms. The predicted molar refractivity (Wildman–Crippen MR) is 65.9 cm³/mol. The fourth-order valence-electron chi connectivity index (χ4n) is 3.68. The maximum absolute atomic E-state index is 4.15. The van der Waals surface area contributed by atoms with E-state index < -0.39 is 0 Å². The average molecular weight is 207 g/mol. The molecular weight excluding hydrogens is 182 g/mol. The Kier molecular flexibility index (Phi) is 2.94. The molecule has 86 valence electrons. The molecule has 15 heavy (non-hydrogen) atoms. The molecule has 1 saturated carbocycles. The summed E-state index contributed by atoms with van der Waals surface area (Å²) in [6.07, 6.45) is 6.95. The highest BCUT2D eigenvalue weighted by atomic mass is 15.1. The topological polar surface area (TPSA) is 3.24 Å². The van der Waals surface area contributed by atoms with Crippen LogP contribution in [0.4, 0.5) is 0 Å². The largest absolute Gasteiger partial charge is 0.303 e. The van der Waals surface area contributed by atoms with Gasteiger partial charge in [-0.1, -0.05) is 19.1 Å². The molecule has 0 aromatic carbocycles. The predicted octanol–water partition coefficient (Wildman–Crippen LogP) is 3.46. The molecule has 2 rings (SSSR count). The van der Waals surface area contributed by atoms with Crippen molar-refractivity contribution in [3.05, 3.63) is 12.2 Å². The van der Waals surface area contributed by atoms with E-state index in [1.165, 1.54) is 44.2 Å². The van der Waals surface area contributed by atoms with Crippen molar-refractivity contribution in [3.8, 4) is 0 Å². The molecule has 1 aliphatic heterocycles. The molecule has 1 saturated heterocycles. The molecule has 3 atom stereocenters. The number of likely N-dealkylation sites (tertiary alicyclic amines) is 1. The fraction of sp³-hybridized carbons (Fsp3) is 0.857. The molecule has 2 aliphatic rings. The van der Waals surface area contributed by atoms with Crippen molar-refractivity contribution in [2.75, 3.05) is 13.6 Å². The van der Waals surface area contributed by atoms with Crippen LogP contribution in [0, 0.1) is 11.3 Å². The van der Waals surface area contributed by atoms with Gasteiger partial charge in [-0.15, -0.1) is 0 Å². The molecule has 0 unspecified atom stereocenters. The SMILES string of the molecule is C=C(C)[C@@H]1CC[C@@]2(C)CCCN(C)[C@@H]2C1. The summed E-state index contributed by atoms with van der Waals surface area (Å²) in [5.41, 5.74) is 2.00. The Hall–Kier alpha value is -0.300. The minimum atomic E-state index is 0.596. The summed E-state index contributed by atoms with van der Waals surface area (Å²) in [4.78, 5) is 2.60. The maximum Gasteiger partial charge on any atom is 0.0152 e. The van der Waals surface area contributed by atoms with Crippen molar-refractivity contribution in [2.24, 2.45) is 11.3 Å². The van der Waals surface area contributed by atoms with E-state index in [1.54, 1.807) is 0 Å². The summed E-state index contributed by atoms with van der Waals surface area (Å²) in [6, 6.07) is 0.807. The first-order valence-electron chi connectivity index (χ1n) is 6.38. The van der Waals surface area contributed by atoms with E-state index in [-0.39, 0.29) is 0 Å². The van der Waals surface area contributed by atoms with E-state index in [2.05, 4.69) is 32.4 Å². The quantitative estimate of drug-likeness (QED) is 0.595. The van der Waals surface area contributed by atoms with E-state index in [0.29, 0.717) is 5.41 Å². The molecule has 1 nitrogen and oxygen atoms in total. The van der Waals surface area contributed by atoms with Gasteiger partial charge in [0.05, 0.1) is 0 Å². The lowest BCUT2D eigenvalue weighted by Crippen LogP contribution is -2.52. The fourth-order valence-corrected chi connectivity index (χ4v) is 3.68. The zero-order valence-corrected chi connectivity index (χ0v) is 10.6. The van der Waals surface area contributed by atoms with Gasteiger partial charge in [-0.05, 0) is 64.0 Å². The van der Waals surface area contributed by atoms with Crippen LogP contribution in [-0.4, -0.2) is 24.5 Å². The average Bonchev–Trinajstić information content (AvgIpc) is 2.17. The first-order chi connectivity index (χ1) is 7.03. The third-order valence-corrected chi connectivity index (χ3v) is 4.86.